The van der Waals surface area contributed by atoms with Crippen LogP contribution in [0.3, 0.4) is 0 Å². The van der Waals surface area contributed by atoms with Gasteiger partial charge in [-0.15, -0.1) is 0 Å². The molecule has 6 nitrogen and oxygen atoms in total. The molecule has 0 saturated heterocycles. The van der Waals surface area contributed by atoms with Crippen LogP contribution in [0.2, 0.25) is 0 Å². The number of rotatable bonds is 6. The van der Waals surface area contributed by atoms with Crippen LogP contribution in [0.5, 0.6) is 0 Å². The standard InChI is InChI=1S/C22H29N3O3S/c1-16(17-11-13-19(14-12-17)29(23,27)28)24(2)15-22(26)25(3)21-10-6-8-18-7-4-5-9-20(18)21/h4-5,7,9,11-14,16,21H,6,8,10,15H2,1-3H3,(H2,23,27,28). The van der Waals surface area contributed by atoms with Crippen molar-refractivity contribution in [1.29, 1.82) is 0 Å². The number of hydrogen-bond acceptors (Lipinski definition) is 4. The smallest absolute Gasteiger partial charge is 0.238 e. The second-order valence-electron chi connectivity index (χ2n) is 7.82. The topological polar surface area (TPSA) is 83.7 Å². The predicted molar refractivity (Wildman–Crippen MR) is 114 cm³/mol. The summed E-state index contributed by atoms with van der Waals surface area (Å²) in [4.78, 5) is 16.9. The lowest BCUT2D eigenvalue weighted by atomic mass is 9.87. The maximum atomic E-state index is 13.0. The molecular formula is C22H29N3O3S. The molecule has 2 atom stereocenters. The number of hydrogen-bond donors (Lipinski definition) is 1. The van der Waals surface area contributed by atoms with Gasteiger partial charge in [0.15, 0.2) is 0 Å². The van der Waals surface area contributed by atoms with E-state index in [9.17, 15) is 13.2 Å². The van der Waals surface area contributed by atoms with Gasteiger partial charge in [0, 0.05) is 13.1 Å². The van der Waals surface area contributed by atoms with Gasteiger partial charge in [-0.2, -0.15) is 0 Å². The van der Waals surface area contributed by atoms with Crippen molar-refractivity contribution in [1.82, 2.24) is 9.80 Å². The fourth-order valence-corrected chi connectivity index (χ4v) is 4.47. The molecule has 2 unspecified atom stereocenters. The minimum absolute atomic E-state index is 0.0412. The lowest BCUT2D eigenvalue weighted by Gasteiger charge is -2.35. The van der Waals surface area contributed by atoms with Crippen LogP contribution >= 0.6 is 0 Å². The molecule has 0 heterocycles. The minimum Gasteiger partial charge on any atom is -0.338 e. The zero-order valence-electron chi connectivity index (χ0n) is 17.2. The zero-order valence-corrected chi connectivity index (χ0v) is 18.0. The van der Waals surface area contributed by atoms with E-state index in [0.717, 1.165) is 24.8 Å². The van der Waals surface area contributed by atoms with E-state index in [0.29, 0.717) is 0 Å². The number of sulfonamides is 1. The first-order valence-corrected chi connectivity index (χ1v) is 11.4. The van der Waals surface area contributed by atoms with E-state index < -0.39 is 10.0 Å². The number of carbonyl (C=O) groups excluding carboxylic acids is 1. The number of primary sulfonamides is 1. The highest BCUT2D eigenvalue weighted by molar-refractivity contribution is 7.89. The third kappa shape index (κ3) is 4.86. The van der Waals surface area contributed by atoms with Crippen LogP contribution in [0, 0.1) is 0 Å². The Kier molecular flexibility index (Phi) is 6.41. The molecule has 1 amide bonds. The van der Waals surface area contributed by atoms with Crippen molar-refractivity contribution in [3.63, 3.8) is 0 Å². The van der Waals surface area contributed by atoms with E-state index in [4.69, 9.17) is 5.14 Å². The molecule has 156 valence electrons. The summed E-state index contributed by atoms with van der Waals surface area (Å²) in [5.74, 6) is 0.0715. The Hall–Kier alpha value is -2.22. The Labute approximate surface area is 173 Å². The van der Waals surface area contributed by atoms with Gasteiger partial charge in [0.1, 0.15) is 0 Å². The third-order valence-corrected chi connectivity index (χ3v) is 6.86. The average Bonchev–Trinajstić information content (AvgIpc) is 2.71. The van der Waals surface area contributed by atoms with Gasteiger partial charge < -0.3 is 4.90 Å². The normalized spacial score (nSPS) is 17.6. The molecule has 2 aromatic carbocycles. The fraction of sp³-hybridized carbons (Fsp3) is 0.409. The number of likely N-dealkylation sites (N-methyl/N-ethyl adjacent to an activating group) is 2. The lowest BCUT2D eigenvalue weighted by molar-refractivity contribution is -0.133. The van der Waals surface area contributed by atoms with Crippen molar-refractivity contribution in [2.45, 2.75) is 43.2 Å². The molecule has 2 N–H and O–H groups in total. The van der Waals surface area contributed by atoms with Crippen LogP contribution < -0.4 is 5.14 Å². The summed E-state index contributed by atoms with van der Waals surface area (Å²) in [5, 5.41) is 5.16. The van der Waals surface area contributed by atoms with E-state index in [1.807, 2.05) is 36.9 Å². The van der Waals surface area contributed by atoms with Crippen LogP contribution in [-0.2, 0) is 21.2 Å². The predicted octanol–water partition coefficient (Wildman–Crippen LogP) is 2.86. The average molecular weight is 416 g/mol. The van der Waals surface area contributed by atoms with Gasteiger partial charge in [-0.25, -0.2) is 13.6 Å². The second-order valence-corrected chi connectivity index (χ2v) is 9.38. The highest BCUT2D eigenvalue weighted by Crippen LogP contribution is 2.33. The number of carbonyl (C=O) groups is 1. The number of nitrogens with two attached hydrogens (primary N) is 1. The van der Waals surface area contributed by atoms with Crippen LogP contribution in [-0.4, -0.2) is 44.8 Å². The second kappa shape index (κ2) is 8.65. The Balaban J connectivity index is 1.67. The van der Waals surface area contributed by atoms with Crippen LogP contribution in [0.15, 0.2) is 53.4 Å². The largest absolute Gasteiger partial charge is 0.338 e. The zero-order chi connectivity index (χ0) is 21.2. The SMILES string of the molecule is CC(c1ccc(S(N)(=O)=O)cc1)N(C)CC(=O)N(C)C1CCCc2ccccc21. The summed E-state index contributed by atoms with van der Waals surface area (Å²) >= 11 is 0. The highest BCUT2D eigenvalue weighted by Gasteiger charge is 2.27. The number of amides is 1. The van der Waals surface area contributed by atoms with Gasteiger partial charge in [0.05, 0.1) is 17.5 Å². The first kappa shape index (κ1) is 21.5. The Bertz CT molecular complexity index is 973. The van der Waals surface area contributed by atoms with Crippen molar-refractivity contribution in [3.05, 3.63) is 65.2 Å². The molecule has 0 fully saturated rings. The van der Waals surface area contributed by atoms with E-state index in [-0.39, 0.29) is 29.4 Å². The monoisotopic (exact) mass is 415 g/mol. The summed E-state index contributed by atoms with van der Waals surface area (Å²) in [5.41, 5.74) is 3.52. The summed E-state index contributed by atoms with van der Waals surface area (Å²) in [6.07, 6.45) is 3.13. The summed E-state index contributed by atoms with van der Waals surface area (Å²) in [6, 6.07) is 14.9. The Morgan fingerprint density at radius 2 is 1.79 bits per heavy atom. The summed E-state index contributed by atoms with van der Waals surface area (Å²) in [7, 11) is 0.0780. The van der Waals surface area contributed by atoms with Gasteiger partial charge in [0.25, 0.3) is 0 Å². The van der Waals surface area contributed by atoms with Gasteiger partial charge in [-0.05, 0) is 62.1 Å². The van der Waals surface area contributed by atoms with Crippen molar-refractivity contribution in [3.8, 4) is 0 Å². The third-order valence-electron chi connectivity index (χ3n) is 5.94. The molecule has 0 saturated carbocycles. The maximum Gasteiger partial charge on any atom is 0.238 e. The van der Waals surface area contributed by atoms with Gasteiger partial charge >= 0.3 is 0 Å². The van der Waals surface area contributed by atoms with E-state index >= 15 is 0 Å². The quantitative estimate of drug-likeness (QED) is 0.786. The molecule has 1 aliphatic rings. The van der Waals surface area contributed by atoms with Crippen LogP contribution in [0.4, 0.5) is 0 Å². The Morgan fingerprint density at radius 3 is 2.45 bits per heavy atom. The highest BCUT2D eigenvalue weighted by atomic mass is 32.2. The molecule has 0 spiro atoms. The Morgan fingerprint density at radius 1 is 1.14 bits per heavy atom. The number of aryl methyl sites for hydroxylation is 1. The molecule has 0 radical (unpaired) electrons. The first-order chi connectivity index (χ1) is 13.7. The van der Waals surface area contributed by atoms with E-state index in [1.165, 1.54) is 23.3 Å². The van der Waals surface area contributed by atoms with E-state index in [2.05, 4.69) is 18.2 Å². The molecule has 2 aromatic rings. The van der Waals surface area contributed by atoms with Crippen molar-refractivity contribution >= 4 is 15.9 Å². The minimum atomic E-state index is -3.71. The molecule has 0 aromatic heterocycles. The summed E-state index contributed by atoms with van der Waals surface area (Å²) < 4.78 is 22.8. The fourth-order valence-electron chi connectivity index (χ4n) is 3.96. The molecule has 0 bridgehead atoms. The molecule has 1 aliphatic carbocycles. The van der Waals surface area contributed by atoms with Crippen LogP contribution in [0.25, 0.3) is 0 Å². The van der Waals surface area contributed by atoms with Gasteiger partial charge in [0.2, 0.25) is 15.9 Å². The summed E-state index contributed by atoms with van der Waals surface area (Å²) in [6.45, 7) is 2.28. The first-order valence-electron chi connectivity index (χ1n) is 9.85. The molecule has 0 aliphatic heterocycles. The lowest BCUT2D eigenvalue weighted by Crippen LogP contribution is -2.40. The van der Waals surface area contributed by atoms with Crippen LogP contribution in [0.1, 0.15) is 48.5 Å². The molecule has 7 heteroatoms. The molecule has 3 rings (SSSR count). The maximum absolute atomic E-state index is 13.0. The number of nitrogens with zero attached hydrogens (tertiary/aromatic N) is 2. The van der Waals surface area contributed by atoms with E-state index in [1.54, 1.807) is 12.1 Å². The molecule has 29 heavy (non-hydrogen) atoms. The number of fused-ring (bicyclic) bond motifs is 1. The van der Waals surface area contributed by atoms with Crippen molar-refractivity contribution < 1.29 is 13.2 Å². The molecular weight excluding hydrogens is 386 g/mol. The van der Waals surface area contributed by atoms with Crippen molar-refractivity contribution in [2.24, 2.45) is 5.14 Å². The van der Waals surface area contributed by atoms with Crippen molar-refractivity contribution in [2.75, 3.05) is 20.6 Å². The van der Waals surface area contributed by atoms with Gasteiger partial charge in [-0.1, -0.05) is 36.4 Å². The van der Waals surface area contributed by atoms with Gasteiger partial charge in [-0.3, -0.25) is 9.69 Å². The number of benzene rings is 2.